The molecule has 0 atom stereocenters. The van der Waals surface area contributed by atoms with Crippen LogP contribution < -0.4 is 10.6 Å². The summed E-state index contributed by atoms with van der Waals surface area (Å²) in [7, 11) is -4.01. The van der Waals surface area contributed by atoms with Gasteiger partial charge >= 0.3 is 19.6 Å². The number of amides is 2. The van der Waals surface area contributed by atoms with Crippen molar-refractivity contribution < 1.29 is 28.7 Å². The van der Waals surface area contributed by atoms with Crippen molar-refractivity contribution in [2.75, 3.05) is 25.9 Å². The van der Waals surface area contributed by atoms with Crippen LogP contribution in [-0.4, -0.2) is 47.6 Å². The van der Waals surface area contributed by atoms with Crippen molar-refractivity contribution in [2.45, 2.75) is 13.3 Å². The van der Waals surface area contributed by atoms with E-state index in [0.29, 0.717) is 0 Å². The maximum absolute atomic E-state index is 11.2. The minimum absolute atomic E-state index is 0.0294. The monoisotopic (exact) mass is 294 g/mol. The number of esters is 1. The number of urea groups is 1. The summed E-state index contributed by atoms with van der Waals surface area (Å²) in [5, 5.41) is 4.84. The number of nitrogens with one attached hydrogen (secondary N) is 2. The van der Waals surface area contributed by atoms with Crippen molar-refractivity contribution in [3.8, 4) is 0 Å². The third-order valence-corrected chi connectivity index (χ3v) is 2.78. The molecule has 0 spiro atoms. The van der Waals surface area contributed by atoms with E-state index >= 15 is 0 Å². The van der Waals surface area contributed by atoms with Crippen LogP contribution in [0.2, 0.25) is 0 Å². The lowest BCUT2D eigenvalue weighted by molar-refractivity contribution is -0.138. The summed E-state index contributed by atoms with van der Waals surface area (Å²) >= 11 is 0. The Bertz CT molecular complexity index is 378. The lowest BCUT2D eigenvalue weighted by atomic mass is 10.4. The van der Waals surface area contributed by atoms with E-state index < -0.39 is 19.6 Å². The quantitative estimate of drug-likeness (QED) is 0.216. The Morgan fingerprint density at radius 3 is 2.37 bits per heavy atom. The summed E-state index contributed by atoms with van der Waals surface area (Å²) in [6, 6.07) is -0.489. The predicted molar refractivity (Wildman–Crippen MR) is 68.7 cm³/mol. The summed E-state index contributed by atoms with van der Waals surface area (Å²) in [4.78, 5) is 39.3. The van der Waals surface area contributed by atoms with E-state index in [-0.39, 0.29) is 37.9 Å². The topological polar surface area (TPSA) is 125 Å². The molecule has 0 fully saturated rings. The van der Waals surface area contributed by atoms with Crippen molar-refractivity contribution in [2.24, 2.45) is 0 Å². The molecule has 0 saturated heterocycles. The number of rotatable bonds is 8. The molecule has 4 N–H and O–H groups in total. The molecule has 0 aliphatic heterocycles. The van der Waals surface area contributed by atoms with Gasteiger partial charge in [-0.1, -0.05) is 6.58 Å². The van der Waals surface area contributed by atoms with Crippen molar-refractivity contribution in [1.82, 2.24) is 10.6 Å². The molecule has 0 bridgehead atoms. The summed E-state index contributed by atoms with van der Waals surface area (Å²) < 4.78 is 15.3. The molecule has 0 rings (SSSR count). The normalized spacial score (nSPS) is 10.7. The van der Waals surface area contributed by atoms with E-state index in [1.807, 2.05) is 0 Å². The predicted octanol–water partition coefficient (Wildman–Crippen LogP) is -0.0273. The lowest BCUT2D eigenvalue weighted by Gasteiger charge is -2.08. The molecule has 0 aromatic carbocycles. The zero-order valence-electron chi connectivity index (χ0n) is 10.7. The van der Waals surface area contributed by atoms with E-state index in [1.165, 1.54) is 6.92 Å². The van der Waals surface area contributed by atoms with Crippen LogP contribution >= 0.6 is 7.60 Å². The van der Waals surface area contributed by atoms with Gasteiger partial charge < -0.3 is 25.2 Å². The van der Waals surface area contributed by atoms with Gasteiger partial charge in [-0.3, -0.25) is 4.57 Å². The lowest BCUT2D eigenvalue weighted by Crippen LogP contribution is -2.38. The molecule has 0 aliphatic rings. The van der Waals surface area contributed by atoms with Crippen molar-refractivity contribution in [3.05, 3.63) is 12.2 Å². The molecular weight excluding hydrogens is 275 g/mol. The van der Waals surface area contributed by atoms with E-state index in [0.717, 1.165) is 0 Å². The fourth-order valence-electron chi connectivity index (χ4n) is 0.981. The Morgan fingerprint density at radius 1 is 1.26 bits per heavy atom. The number of hydrogen-bond acceptors (Lipinski definition) is 4. The average Bonchev–Trinajstić information content (AvgIpc) is 2.28. The Morgan fingerprint density at radius 2 is 1.84 bits per heavy atom. The minimum Gasteiger partial charge on any atom is -0.460 e. The van der Waals surface area contributed by atoms with Gasteiger partial charge in [0.15, 0.2) is 0 Å². The number of carbonyl (C=O) groups excluding carboxylic acids is 2. The SMILES string of the molecule is C=C(C)C(=O)OCCNC(=O)NCCCP(=O)(O)O. The van der Waals surface area contributed by atoms with Crippen LogP contribution in [0.15, 0.2) is 12.2 Å². The summed E-state index contributed by atoms with van der Waals surface area (Å²) in [6.07, 6.45) is -0.0914. The van der Waals surface area contributed by atoms with Gasteiger partial charge in [0.2, 0.25) is 0 Å². The zero-order valence-corrected chi connectivity index (χ0v) is 11.6. The van der Waals surface area contributed by atoms with Crippen LogP contribution in [0, 0.1) is 0 Å². The number of ether oxygens (including phenoxy) is 1. The summed E-state index contributed by atoms with van der Waals surface area (Å²) in [6.45, 7) is 5.24. The highest BCUT2D eigenvalue weighted by Gasteiger charge is 2.11. The van der Waals surface area contributed by atoms with E-state index in [4.69, 9.17) is 14.5 Å². The molecule has 110 valence electrons. The Hall–Kier alpha value is -1.37. The fourth-order valence-corrected chi connectivity index (χ4v) is 1.55. The van der Waals surface area contributed by atoms with Gasteiger partial charge in [0, 0.05) is 12.1 Å². The van der Waals surface area contributed by atoms with Crippen LogP contribution in [0.1, 0.15) is 13.3 Å². The van der Waals surface area contributed by atoms with Crippen LogP contribution in [0.5, 0.6) is 0 Å². The molecule has 8 nitrogen and oxygen atoms in total. The Labute approximate surface area is 111 Å². The molecular formula is C10H19N2O6P. The number of hydrogen-bond donors (Lipinski definition) is 4. The van der Waals surface area contributed by atoms with Gasteiger partial charge in [0.1, 0.15) is 6.61 Å². The molecule has 9 heteroatoms. The van der Waals surface area contributed by atoms with Crippen LogP contribution in [0.4, 0.5) is 4.79 Å². The second kappa shape index (κ2) is 8.68. The standard InChI is InChI=1S/C10H19N2O6P/c1-8(2)9(13)18-6-5-12-10(14)11-4-3-7-19(15,16)17/h1,3-7H2,2H3,(H2,11,12,14)(H2,15,16,17). The average molecular weight is 294 g/mol. The van der Waals surface area contributed by atoms with E-state index in [9.17, 15) is 14.2 Å². The first-order valence-corrected chi connectivity index (χ1v) is 7.41. The second-order valence-electron chi connectivity index (χ2n) is 3.84. The third kappa shape index (κ3) is 11.5. The fraction of sp³-hybridized carbons (Fsp3) is 0.600. The summed E-state index contributed by atoms with van der Waals surface area (Å²) in [5.41, 5.74) is 0.280. The van der Waals surface area contributed by atoms with Crippen molar-refractivity contribution in [3.63, 3.8) is 0 Å². The molecule has 19 heavy (non-hydrogen) atoms. The Balaban J connectivity index is 3.53. The molecule has 0 aromatic rings. The van der Waals surface area contributed by atoms with Crippen LogP contribution in [-0.2, 0) is 14.1 Å². The smallest absolute Gasteiger partial charge is 0.333 e. The largest absolute Gasteiger partial charge is 0.460 e. The van der Waals surface area contributed by atoms with Crippen molar-refractivity contribution >= 4 is 19.6 Å². The first-order chi connectivity index (χ1) is 8.72. The number of carbonyl (C=O) groups is 2. The highest BCUT2D eigenvalue weighted by molar-refractivity contribution is 7.51. The third-order valence-electron chi connectivity index (χ3n) is 1.88. The first kappa shape index (κ1) is 17.6. The van der Waals surface area contributed by atoms with E-state index in [2.05, 4.69) is 17.2 Å². The molecule has 0 heterocycles. The van der Waals surface area contributed by atoms with Gasteiger partial charge in [-0.25, -0.2) is 9.59 Å². The second-order valence-corrected chi connectivity index (χ2v) is 5.62. The minimum atomic E-state index is -4.01. The van der Waals surface area contributed by atoms with E-state index in [1.54, 1.807) is 0 Å². The first-order valence-electron chi connectivity index (χ1n) is 5.61. The summed E-state index contributed by atoms with van der Waals surface area (Å²) in [5.74, 6) is -0.524. The highest BCUT2D eigenvalue weighted by Crippen LogP contribution is 2.34. The molecule has 0 unspecified atom stereocenters. The van der Waals surface area contributed by atoms with Gasteiger partial charge in [0.05, 0.1) is 12.7 Å². The highest BCUT2D eigenvalue weighted by atomic mass is 31.2. The van der Waals surface area contributed by atoms with Gasteiger partial charge in [-0.05, 0) is 13.3 Å². The maximum atomic E-state index is 11.2. The maximum Gasteiger partial charge on any atom is 0.333 e. The molecule has 2 amide bonds. The Kier molecular flexibility index (Phi) is 8.06. The van der Waals surface area contributed by atoms with Gasteiger partial charge in [0.25, 0.3) is 0 Å². The molecule has 0 aromatic heterocycles. The van der Waals surface area contributed by atoms with Gasteiger partial charge in [-0.2, -0.15) is 0 Å². The van der Waals surface area contributed by atoms with Crippen LogP contribution in [0.25, 0.3) is 0 Å². The molecule has 0 saturated carbocycles. The zero-order chi connectivity index (χ0) is 14.9. The van der Waals surface area contributed by atoms with Crippen molar-refractivity contribution in [1.29, 1.82) is 0 Å². The molecule has 0 radical (unpaired) electrons. The van der Waals surface area contributed by atoms with Gasteiger partial charge in [-0.15, -0.1) is 0 Å². The van der Waals surface area contributed by atoms with Crippen LogP contribution in [0.3, 0.4) is 0 Å². The molecule has 0 aliphatic carbocycles.